The molecule has 2 rings (SSSR count). The van der Waals surface area contributed by atoms with Crippen LogP contribution in [0.4, 0.5) is 0 Å². The molecule has 0 aromatic rings. The zero-order valence-electron chi connectivity index (χ0n) is 8.46. The molecule has 76 valence electrons. The van der Waals surface area contributed by atoms with Crippen LogP contribution < -0.4 is 5.73 Å². The van der Waals surface area contributed by atoms with Gasteiger partial charge in [0.2, 0.25) is 0 Å². The summed E-state index contributed by atoms with van der Waals surface area (Å²) in [5.41, 5.74) is 5.98. The topological polar surface area (TPSA) is 38.5 Å². The SMILES string of the molecule is CC1(CN2CCC(N)C2)CCCO1. The van der Waals surface area contributed by atoms with Crippen LogP contribution in [0.25, 0.3) is 0 Å². The van der Waals surface area contributed by atoms with Gasteiger partial charge in [0.1, 0.15) is 0 Å². The zero-order valence-corrected chi connectivity index (χ0v) is 8.46. The lowest BCUT2D eigenvalue weighted by atomic mass is 10.0. The van der Waals surface area contributed by atoms with Crippen LogP contribution in [0.2, 0.25) is 0 Å². The molecule has 3 heteroatoms. The smallest absolute Gasteiger partial charge is 0.0781 e. The highest BCUT2D eigenvalue weighted by Gasteiger charge is 2.33. The molecule has 0 saturated carbocycles. The Balaban J connectivity index is 1.83. The van der Waals surface area contributed by atoms with Crippen molar-refractivity contribution in [2.24, 2.45) is 5.73 Å². The fourth-order valence-corrected chi connectivity index (χ4v) is 2.44. The number of ether oxygens (including phenoxy) is 1. The van der Waals surface area contributed by atoms with E-state index in [1.54, 1.807) is 0 Å². The molecule has 2 aliphatic heterocycles. The van der Waals surface area contributed by atoms with Crippen LogP contribution in [-0.2, 0) is 4.74 Å². The van der Waals surface area contributed by atoms with Gasteiger partial charge in [0, 0.05) is 25.7 Å². The Morgan fingerprint density at radius 1 is 1.62 bits per heavy atom. The Labute approximate surface area is 80.2 Å². The van der Waals surface area contributed by atoms with Crippen LogP contribution in [0.3, 0.4) is 0 Å². The van der Waals surface area contributed by atoms with Crippen molar-refractivity contribution in [3.63, 3.8) is 0 Å². The Bertz CT molecular complexity index is 178. The lowest BCUT2D eigenvalue weighted by molar-refractivity contribution is -0.00418. The summed E-state index contributed by atoms with van der Waals surface area (Å²) in [6.07, 6.45) is 3.57. The Morgan fingerprint density at radius 2 is 2.46 bits per heavy atom. The van der Waals surface area contributed by atoms with Gasteiger partial charge in [-0.2, -0.15) is 0 Å². The van der Waals surface area contributed by atoms with Crippen molar-refractivity contribution in [1.82, 2.24) is 4.90 Å². The molecule has 0 radical (unpaired) electrons. The van der Waals surface area contributed by atoms with E-state index in [0.29, 0.717) is 6.04 Å². The average Bonchev–Trinajstić information content (AvgIpc) is 2.62. The van der Waals surface area contributed by atoms with Gasteiger partial charge in [-0.1, -0.05) is 0 Å². The van der Waals surface area contributed by atoms with Crippen molar-refractivity contribution in [3.8, 4) is 0 Å². The third-order valence-corrected chi connectivity index (χ3v) is 3.17. The van der Waals surface area contributed by atoms with E-state index in [-0.39, 0.29) is 5.60 Å². The standard InChI is InChI=1S/C10H20N2O/c1-10(4-2-6-13-10)8-12-5-3-9(11)7-12/h9H,2-8,11H2,1H3. The first-order valence-electron chi connectivity index (χ1n) is 5.30. The molecule has 13 heavy (non-hydrogen) atoms. The minimum Gasteiger partial charge on any atom is -0.374 e. The minimum absolute atomic E-state index is 0.115. The summed E-state index contributed by atoms with van der Waals surface area (Å²) in [6.45, 7) is 6.44. The van der Waals surface area contributed by atoms with E-state index in [9.17, 15) is 0 Å². The van der Waals surface area contributed by atoms with Gasteiger partial charge < -0.3 is 10.5 Å². The van der Waals surface area contributed by atoms with Gasteiger partial charge >= 0.3 is 0 Å². The maximum Gasteiger partial charge on any atom is 0.0781 e. The molecule has 2 N–H and O–H groups in total. The van der Waals surface area contributed by atoms with E-state index >= 15 is 0 Å². The molecule has 0 amide bonds. The van der Waals surface area contributed by atoms with E-state index in [4.69, 9.17) is 10.5 Å². The normalized spacial score (nSPS) is 41.5. The zero-order chi connectivity index (χ0) is 9.31. The molecule has 2 saturated heterocycles. The summed E-state index contributed by atoms with van der Waals surface area (Å²) in [6, 6.07) is 0.394. The van der Waals surface area contributed by atoms with E-state index < -0.39 is 0 Å². The summed E-state index contributed by atoms with van der Waals surface area (Å²) in [7, 11) is 0. The Kier molecular flexibility index (Phi) is 2.58. The molecular weight excluding hydrogens is 164 g/mol. The van der Waals surface area contributed by atoms with Gasteiger partial charge in [0.05, 0.1) is 5.60 Å². The van der Waals surface area contributed by atoms with Crippen LogP contribution in [0, 0.1) is 0 Å². The molecule has 0 spiro atoms. The second kappa shape index (κ2) is 3.56. The number of rotatable bonds is 2. The van der Waals surface area contributed by atoms with Crippen LogP contribution in [0.5, 0.6) is 0 Å². The lowest BCUT2D eigenvalue weighted by Crippen LogP contribution is -2.40. The monoisotopic (exact) mass is 184 g/mol. The van der Waals surface area contributed by atoms with E-state index in [2.05, 4.69) is 11.8 Å². The molecule has 2 aliphatic rings. The molecular formula is C10H20N2O. The van der Waals surface area contributed by atoms with Crippen molar-refractivity contribution < 1.29 is 4.74 Å². The van der Waals surface area contributed by atoms with E-state index in [1.807, 2.05) is 0 Å². The maximum absolute atomic E-state index is 5.86. The van der Waals surface area contributed by atoms with Gasteiger partial charge in [-0.25, -0.2) is 0 Å². The summed E-state index contributed by atoms with van der Waals surface area (Å²) in [5, 5.41) is 0. The molecule has 0 bridgehead atoms. The maximum atomic E-state index is 5.86. The minimum atomic E-state index is 0.115. The van der Waals surface area contributed by atoms with E-state index in [0.717, 1.165) is 32.7 Å². The number of hydrogen-bond acceptors (Lipinski definition) is 3. The van der Waals surface area contributed by atoms with Gasteiger partial charge in [-0.05, 0) is 32.7 Å². The first kappa shape index (κ1) is 9.44. The Morgan fingerprint density at radius 3 is 3.00 bits per heavy atom. The van der Waals surface area contributed by atoms with Crippen LogP contribution in [0.15, 0.2) is 0 Å². The van der Waals surface area contributed by atoms with Crippen LogP contribution in [0.1, 0.15) is 26.2 Å². The highest BCUT2D eigenvalue weighted by atomic mass is 16.5. The molecule has 0 aliphatic carbocycles. The summed E-state index contributed by atoms with van der Waals surface area (Å²) < 4.78 is 5.76. The summed E-state index contributed by atoms with van der Waals surface area (Å²) in [5.74, 6) is 0. The van der Waals surface area contributed by atoms with Gasteiger partial charge in [0.15, 0.2) is 0 Å². The largest absolute Gasteiger partial charge is 0.374 e. The van der Waals surface area contributed by atoms with Crippen molar-refractivity contribution in [2.45, 2.75) is 37.8 Å². The third-order valence-electron chi connectivity index (χ3n) is 3.17. The predicted molar refractivity (Wildman–Crippen MR) is 52.6 cm³/mol. The van der Waals surface area contributed by atoms with E-state index in [1.165, 1.54) is 12.8 Å². The molecule has 2 fully saturated rings. The highest BCUT2D eigenvalue weighted by molar-refractivity contribution is 4.87. The fraction of sp³-hybridized carbons (Fsp3) is 1.00. The molecule has 0 aromatic heterocycles. The first-order chi connectivity index (χ1) is 6.18. The number of nitrogens with two attached hydrogens (primary N) is 1. The number of nitrogens with zero attached hydrogens (tertiary/aromatic N) is 1. The molecule has 2 unspecified atom stereocenters. The third kappa shape index (κ3) is 2.22. The van der Waals surface area contributed by atoms with Gasteiger partial charge in [0.25, 0.3) is 0 Å². The second-order valence-electron chi connectivity index (χ2n) is 4.69. The molecule has 2 atom stereocenters. The molecule has 3 nitrogen and oxygen atoms in total. The number of hydrogen-bond donors (Lipinski definition) is 1. The quantitative estimate of drug-likeness (QED) is 0.682. The summed E-state index contributed by atoms with van der Waals surface area (Å²) >= 11 is 0. The second-order valence-corrected chi connectivity index (χ2v) is 4.69. The van der Waals surface area contributed by atoms with Crippen LogP contribution >= 0.6 is 0 Å². The van der Waals surface area contributed by atoms with Crippen molar-refractivity contribution in [1.29, 1.82) is 0 Å². The molecule has 2 heterocycles. The molecule has 0 aromatic carbocycles. The number of likely N-dealkylation sites (tertiary alicyclic amines) is 1. The van der Waals surface area contributed by atoms with Crippen molar-refractivity contribution >= 4 is 0 Å². The predicted octanol–water partition coefficient (Wildman–Crippen LogP) is 0.588. The van der Waals surface area contributed by atoms with Crippen molar-refractivity contribution in [3.05, 3.63) is 0 Å². The highest BCUT2D eigenvalue weighted by Crippen LogP contribution is 2.27. The summed E-state index contributed by atoms with van der Waals surface area (Å²) in [4.78, 5) is 2.44. The average molecular weight is 184 g/mol. The first-order valence-corrected chi connectivity index (χ1v) is 5.30. The lowest BCUT2D eigenvalue weighted by Gasteiger charge is -2.28. The fourth-order valence-electron chi connectivity index (χ4n) is 2.44. The Hall–Kier alpha value is -0.120. The van der Waals surface area contributed by atoms with Crippen molar-refractivity contribution in [2.75, 3.05) is 26.2 Å². The van der Waals surface area contributed by atoms with Crippen LogP contribution in [-0.4, -0.2) is 42.8 Å². The van der Waals surface area contributed by atoms with Gasteiger partial charge in [-0.3, -0.25) is 4.90 Å². The van der Waals surface area contributed by atoms with Gasteiger partial charge in [-0.15, -0.1) is 0 Å².